The lowest BCUT2D eigenvalue weighted by Gasteiger charge is -2.06. The Morgan fingerprint density at radius 2 is 2.26 bits per heavy atom. The number of hydrogen-bond donors (Lipinski definition) is 1. The lowest BCUT2D eigenvalue weighted by Crippen LogP contribution is -2.06. The van der Waals surface area contributed by atoms with Crippen molar-refractivity contribution in [3.63, 3.8) is 0 Å². The minimum atomic E-state index is -0.711. The summed E-state index contributed by atoms with van der Waals surface area (Å²) in [5, 5.41) is 17.3. The Morgan fingerprint density at radius 3 is 3.00 bits per heavy atom. The molecule has 0 atom stereocenters. The molecular formula is C15H12N2O5S. The molecule has 118 valence electrons. The van der Waals surface area contributed by atoms with Crippen molar-refractivity contribution >= 4 is 17.3 Å². The van der Waals surface area contributed by atoms with E-state index in [2.05, 4.69) is 10.1 Å². The number of carbonyl (C=O) groups excluding carboxylic acids is 1. The Labute approximate surface area is 135 Å². The van der Waals surface area contributed by atoms with E-state index in [4.69, 9.17) is 14.0 Å². The average Bonchev–Trinajstić information content (AvgIpc) is 3.24. The maximum atomic E-state index is 12.0. The van der Waals surface area contributed by atoms with Gasteiger partial charge < -0.3 is 19.1 Å². The summed E-state index contributed by atoms with van der Waals surface area (Å²) >= 11 is 1.52. The smallest absolute Gasteiger partial charge is 0.342 e. The first-order chi connectivity index (χ1) is 11.2. The molecule has 0 unspecified atom stereocenters. The zero-order valence-corrected chi connectivity index (χ0v) is 12.9. The van der Waals surface area contributed by atoms with Gasteiger partial charge in [-0.15, -0.1) is 0 Å². The number of hydrogen-bond acceptors (Lipinski definition) is 8. The summed E-state index contributed by atoms with van der Waals surface area (Å²) in [6.07, 6.45) is 0. The molecule has 3 rings (SSSR count). The van der Waals surface area contributed by atoms with E-state index in [9.17, 15) is 9.90 Å². The molecule has 8 heteroatoms. The molecule has 0 spiro atoms. The number of ether oxygens (including phenoxy) is 2. The molecule has 0 aliphatic carbocycles. The Morgan fingerprint density at radius 1 is 1.39 bits per heavy atom. The van der Waals surface area contributed by atoms with Gasteiger partial charge in [0.2, 0.25) is 5.82 Å². The Hall–Kier alpha value is -2.87. The van der Waals surface area contributed by atoms with Crippen molar-refractivity contribution in [1.29, 1.82) is 0 Å². The molecular weight excluding hydrogens is 320 g/mol. The normalized spacial score (nSPS) is 10.5. The van der Waals surface area contributed by atoms with E-state index in [1.807, 2.05) is 16.8 Å². The molecule has 2 aromatic heterocycles. The van der Waals surface area contributed by atoms with Crippen molar-refractivity contribution in [3.8, 4) is 22.9 Å². The zero-order chi connectivity index (χ0) is 16.2. The average molecular weight is 332 g/mol. The number of aromatic nitrogens is 2. The van der Waals surface area contributed by atoms with Gasteiger partial charge in [-0.25, -0.2) is 4.79 Å². The largest absolute Gasteiger partial charge is 0.507 e. The summed E-state index contributed by atoms with van der Waals surface area (Å²) in [5.74, 6) is 0.132. The van der Waals surface area contributed by atoms with Gasteiger partial charge in [-0.1, -0.05) is 5.16 Å². The first-order valence-electron chi connectivity index (χ1n) is 6.56. The number of aromatic hydroxyl groups is 1. The molecule has 2 heterocycles. The van der Waals surface area contributed by atoms with Crippen LogP contribution in [0.15, 0.2) is 39.5 Å². The number of rotatable bonds is 5. The van der Waals surface area contributed by atoms with Gasteiger partial charge in [0.15, 0.2) is 6.61 Å². The number of benzene rings is 1. The zero-order valence-electron chi connectivity index (χ0n) is 12.1. The summed E-state index contributed by atoms with van der Waals surface area (Å²) in [7, 11) is 1.46. The fraction of sp³-hybridized carbons (Fsp3) is 0.133. The van der Waals surface area contributed by atoms with Gasteiger partial charge in [-0.3, -0.25) is 0 Å². The standard InChI is InChI=1S/C15H12N2O5S/c1-20-10-2-3-12(18)11(6-10)15(19)21-7-13-16-14(17-22-13)9-4-5-23-8-9/h2-6,8,18H,7H2,1H3. The van der Waals surface area contributed by atoms with Gasteiger partial charge in [-0.05, 0) is 29.6 Å². The van der Waals surface area contributed by atoms with E-state index < -0.39 is 5.97 Å². The minimum Gasteiger partial charge on any atom is -0.507 e. The topological polar surface area (TPSA) is 94.7 Å². The predicted molar refractivity (Wildman–Crippen MR) is 81.4 cm³/mol. The molecule has 0 saturated heterocycles. The Balaban J connectivity index is 1.67. The van der Waals surface area contributed by atoms with Crippen LogP contribution in [0.1, 0.15) is 16.2 Å². The SMILES string of the molecule is COc1ccc(O)c(C(=O)OCc2nc(-c3ccsc3)no2)c1. The number of thiophene rings is 1. The molecule has 0 radical (unpaired) electrons. The molecule has 23 heavy (non-hydrogen) atoms. The van der Waals surface area contributed by atoms with Gasteiger partial charge in [0, 0.05) is 10.9 Å². The highest BCUT2D eigenvalue weighted by molar-refractivity contribution is 7.08. The van der Waals surface area contributed by atoms with Crippen LogP contribution in [0.4, 0.5) is 0 Å². The highest BCUT2D eigenvalue weighted by Gasteiger charge is 2.16. The van der Waals surface area contributed by atoms with Gasteiger partial charge in [0.1, 0.15) is 17.1 Å². The fourth-order valence-corrected chi connectivity index (χ4v) is 2.47. The van der Waals surface area contributed by atoms with Crippen molar-refractivity contribution < 1.29 is 23.9 Å². The quantitative estimate of drug-likeness (QED) is 0.718. The minimum absolute atomic E-state index is 0.00178. The Kier molecular flexibility index (Phi) is 4.24. The van der Waals surface area contributed by atoms with Crippen LogP contribution < -0.4 is 4.74 Å². The summed E-state index contributed by atoms with van der Waals surface area (Å²) in [6, 6.07) is 6.15. The molecule has 0 amide bonds. The summed E-state index contributed by atoms with van der Waals surface area (Å²) in [5.41, 5.74) is 0.837. The maximum absolute atomic E-state index is 12.0. The van der Waals surface area contributed by atoms with Gasteiger partial charge >= 0.3 is 5.97 Å². The van der Waals surface area contributed by atoms with Crippen molar-refractivity contribution in [3.05, 3.63) is 46.5 Å². The molecule has 0 saturated carbocycles. The lowest BCUT2D eigenvalue weighted by molar-refractivity contribution is 0.0426. The third-order valence-corrected chi connectivity index (χ3v) is 3.68. The van der Waals surface area contributed by atoms with Crippen LogP contribution in [0.2, 0.25) is 0 Å². The van der Waals surface area contributed by atoms with E-state index in [1.165, 1.54) is 36.6 Å². The molecule has 1 N–H and O–H groups in total. The maximum Gasteiger partial charge on any atom is 0.342 e. The van der Waals surface area contributed by atoms with Crippen LogP contribution in [0.5, 0.6) is 11.5 Å². The molecule has 1 aromatic carbocycles. The van der Waals surface area contributed by atoms with Crippen molar-refractivity contribution in [2.75, 3.05) is 7.11 Å². The van der Waals surface area contributed by atoms with Crippen LogP contribution in [-0.2, 0) is 11.3 Å². The van der Waals surface area contributed by atoms with E-state index in [0.717, 1.165) is 5.56 Å². The number of phenolic OH excluding ortho intramolecular Hbond substituents is 1. The third-order valence-electron chi connectivity index (χ3n) is 3.00. The van der Waals surface area contributed by atoms with Crippen LogP contribution >= 0.6 is 11.3 Å². The summed E-state index contributed by atoms with van der Waals surface area (Å²) < 4.78 is 15.1. The molecule has 0 aliphatic rings. The number of phenols is 1. The van der Waals surface area contributed by atoms with Crippen LogP contribution in [0, 0.1) is 0 Å². The highest BCUT2D eigenvalue weighted by Crippen LogP contribution is 2.24. The fourth-order valence-electron chi connectivity index (χ4n) is 1.83. The third kappa shape index (κ3) is 3.32. The van der Waals surface area contributed by atoms with E-state index >= 15 is 0 Å². The number of carbonyl (C=O) groups is 1. The number of methoxy groups -OCH3 is 1. The van der Waals surface area contributed by atoms with E-state index in [1.54, 1.807) is 0 Å². The van der Waals surface area contributed by atoms with Crippen LogP contribution in [-0.4, -0.2) is 28.3 Å². The van der Waals surface area contributed by atoms with Crippen molar-refractivity contribution in [2.24, 2.45) is 0 Å². The van der Waals surface area contributed by atoms with Crippen LogP contribution in [0.3, 0.4) is 0 Å². The molecule has 7 nitrogen and oxygen atoms in total. The van der Waals surface area contributed by atoms with Crippen molar-refractivity contribution in [1.82, 2.24) is 10.1 Å². The van der Waals surface area contributed by atoms with E-state index in [0.29, 0.717) is 11.6 Å². The monoisotopic (exact) mass is 332 g/mol. The van der Waals surface area contributed by atoms with E-state index in [-0.39, 0.29) is 23.8 Å². The summed E-state index contributed by atoms with van der Waals surface area (Å²) in [4.78, 5) is 16.2. The predicted octanol–water partition coefficient (Wildman–Crippen LogP) is 2.87. The molecule has 0 bridgehead atoms. The van der Waals surface area contributed by atoms with Gasteiger partial charge in [-0.2, -0.15) is 16.3 Å². The second-order valence-electron chi connectivity index (χ2n) is 4.48. The second-order valence-corrected chi connectivity index (χ2v) is 5.26. The highest BCUT2D eigenvalue weighted by atomic mass is 32.1. The summed E-state index contributed by atoms with van der Waals surface area (Å²) in [6.45, 7) is -0.188. The number of esters is 1. The van der Waals surface area contributed by atoms with Gasteiger partial charge in [0.25, 0.3) is 5.89 Å². The first kappa shape index (κ1) is 15.0. The lowest BCUT2D eigenvalue weighted by atomic mass is 10.2. The van der Waals surface area contributed by atoms with Crippen molar-refractivity contribution in [2.45, 2.75) is 6.61 Å². The number of nitrogens with zero attached hydrogens (tertiary/aromatic N) is 2. The molecule has 3 aromatic rings. The van der Waals surface area contributed by atoms with Gasteiger partial charge in [0.05, 0.1) is 7.11 Å². The molecule has 0 aliphatic heterocycles. The Bertz CT molecular complexity index is 813. The molecule has 0 fully saturated rings. The first-order valence-corrected chi connectivity index (χ1v) is 7.51. The second kappa shape index (κ2) is 6.49. The van der Waals surface area contributed by atoms with Crippen LogP contribution in [0.25, 0.3) is 11.4 Å².